The normalized spacial score (nSPS) is 11.8. The molecule has 39 heavy (non-hydrogen) atoms. The molecule has 0 radical (unpaired) electrons. The molecule has 0 saturated heterocycles. The van der Waals surface area contributed by atoms with Gasteiger partial charge in [-0.1, -0.05) is 23.2 Å². The number of nitriles is 1. The Hall–Kier alpha value is -3.95. The van der Waals surface area contributed by atoms with Gasteiger partial charge in [0.15, 0.2) is 12.4 Å². The van der Waals surface area contributed by atoms with Gasteiger partial charge in [-0.05, 0) is 74.0 Å². The number of hydrogen-bond donors (Lipinski definition) is 3. The minimum Gasteiger partial charge on any atom is -0.483 e. The number of nitrogens with one attached hydrogen (secondary N) is 2. The van der Waals surface area contributed by atoms with Crippen LogP contribution in [0.4, 0.5) is 5.69 Å². The van der Waals surface area contributed by atoms with E-state index in [4.69, 9.17) is 33.7 Å². The Kier molecular flexibility index (Phi) is 9.32. The van der Waals surface area contributed by atoms with Crippen molar-refractivity contribution in [2.75, 3.05) is 11.9 Å². The zero-order valence-corrected chi connectivity index (χ0v) is 22.9. The predicted molar refractivity (Wildman–Crippen MR) is 145 cm³/mol. The van der Waals surface area contributed by atoms with Crippen LogP contribution in [0, 0.1) is 18.3 Å². The number of ketones is 1. The number of benzene rings is 3. The molecule has 10 nitrogen and oxygen atoms in total. The monoisotopic (exact) mass is 588 g/mol. The Morgan fingerprint density at radius 2 is 1.77 bits per heavy atom. The average Bonchev–Trinajstić information content (AvgIpc) is 2.87. The molecule has 3 rings (SSSR count). The number of aryl methyl sites for hydroxylation is 1. The van der Waals surface area contributed by atoms with Crippen molar-refractivity contribution in [3.8, 4) is 11.8 Å². The molecule has 0 aliphatic carbocycles. The Labute approximate surface area is 234 Å². The summed E-state index contributed by atoms with van der Waals surface area (Å²) in [6.07, 6.45) is 0. The van der Waals surface area contributed by atoms with Crippen molar-refractivity contribution in [2.45, 2.75) is 24.8 Å². The van der Waals surface area contributed by atoms with Crippen molar-refractivity contribution in [1.82, 2.24) is 4.72 Å². The van der Waals surface area contributed by atoms with Crippen molar-refractivity contribution in [3.05, 3.63) is 86.9 Å². The van der Waals surface area contributed by atoms with Gasteiger partial charge in [-0.3, -0.25) is 14.4 Å². The number of primary amides is 1. The van der Waals surface area contributed by atoms with E-state index in [-0.39, 0.29) is 37.4 Å². The van der Waals surface area contributed by atoms with Gasteiger partial charge in [-0.15, -0.1) is 0 Å². The van der Waals surface area contributed by atoms with Gasteiger partial charge >= 0.3 is 0 Å². The summed E-state index contributed by atoms with van der Waals surface area (Å²) in [4.78, 5) is 36.8. The van der Waals surface area contributed by atoms with Crippen LogP contribution in [0.3, 0.4) is 0 Å². The molecule has 2 amide bonds. The number of sulfonamides is 1. The highest BCUT2D eigenvalue weighted by atomic mass is 35.5. The number of ether oxygens (including phenoxy) is 1. The number of nitrogens with two attached hydrogens (primary N) is 1. The minimum atomic E-state index is -4.02. The van der Waals surface area contributed by atoms with E-state index in [9.17, 15) is 28.1 Å². The summed E-state index contributed by atoms with van der Waals surface area (Å²) < 4.78 is 32.7. The molecule has 3 aromatic rings. The first kappa shape index (κ1) is 29.6. The second kappa shape index (κ2) is 12.3. The lowest BCUT2D eigenvalue weighted by molar-refractivity contribution is -0.119. The molecule has 1 atom stereocenters. The standard InChI is InChI=1S/C26H22Cl2N4O6S/c1-14-7-20(39(36,37)32-15(2)26(30)35)4-5-22(14)31-24(33)13-38-23-6-3-18(27)11-21(23)25(34)17-8-16(12-29)9-19(28)10-17/h3-11,15,32H,13H2,1-2H3,(H2,30,35)(H,31,33)/t15-/m1/s1. The Bertz CT molecular complexity index is 1620. The number of nitrogens with zero attached hydrogens (tertiary/aromatic N) is 1. The topological polar surface area (TPSA) is 168 Å². The average molecular weight is 589 g/mol. The summed E-state index contributed by atoms with van der Waals surface area (Å²) in [5.41, 5.74) is 6.26. The summed E-state index contributed by atoms with van der Waals surface area (Å²) in [6, 6.07) is 13.3. The number of carbonyl (C=O) groups is 3. The predicted octanol–water partition coefficient (Wildman–Crippen LogP) is 3.57. The van der Waals surface area contributed by atoms with Crippen molar-refractivity contribution >= 4 is 56.5 Å². The molecule has 4 N–H and O–H groups in total. The molecule has 0 heterocycles. The van der Waals surface area contributed by atoms with Crippen LogP contribution in [0.1, 0.15) is 34.0 Å². The van der Waals surface area contributed by atoms with Gasteiger partial charge in [0.25, 0.3) is 5.91 Å². The molecular weight excluding hydrogens is 567 g/mol. The molecule has 202 valence electrons. The van der Waals surface area contributed by atoms with Crippen LogP contribution >= 0.6 is 23.2 Å². The summed E-state index contributed by atoms with van der Waals surface area (Å²) in [6.45, 7) is 2.42. The van der Waals surface area contributed by atoms with Gasteiger partial charge in [0.05, 0.1) is 28.1 Å². The lowest BCUT2D eigenvalue weighted by atomic mass is 10.0. The third-order valence-electron chi connectivity index (χ3n) is 5.38. The Balaban J connectivity index is 1.74. The van der Waals surface area contributed by atoms with E-state index in [0.717, 1.165) is 0 Å². The first-order valence-electron chi connectivity index (χ1n) is 11.2. The highest BCUT2D eigenvalue weighted by Gasteiger charge is 2.22. The number of hydrogen-bond acceptors (Lipinski definition) is 7. The van der Waals surface area contributed by atoms with Gasteiger partial charge in [-0.25, -0.2) is 8.42 Å². The van der Waals surface area contributed by atoms with Gasteiger partial charge in [-0.2, -0.15) is 9.98 Å². The molecule has 3 aromatic carbocycles. The SMILES string of the molecule is Cc1cc(S(=O)(=O)N[C@H](C)C(N)=O)ccc1NC(=O)COc1ccc(Cl)cc1C(=O)c1cc(Cl)cc(C#N)c1. The molecular formula is C26H22Cl2N4O6S. The van der Waals surface area contributed by atoms with E-state index in [0.29, 0.717) is 11.3 Å². The van der Waals surface area contributed by atoms with E-state index >= 15 is 0 Å². The number of halogens is 2. The number of carbonyl (C=O) groups excluding carboxylic acids is 3. The zero-order valence-electron chi connectivity index (χ0n) is 20.6. The van der Waals surface area contributed by atoms with Crippen molar-refractivity contribution in [2.24, 2.45) is 5.73 Å². The summed E-state index contributed by atoms with van der Waals surface area (Å²) in [5.74, 6) is -1.86. The molecule has 0 aliphatic rings. The molecule has 0 saturated carbocycles. The molecule has 0 spiro atoms. The molecule has 0 aliphatic heterocycles. The van der Waals surface area contributed by atoms with Gasteiger partial charge in [0, 0.05) is 21.3 Å². The second-order valence-electron chi connectivity index (χ2n) is 8.37. The molecule has 13 heteroatoms. The highest BCUT2D eigenvalue weighted by Crippen LogP contribution is 2.27. The van der Waals surface area contributed by atoms with Crippen LogP contribution in [0.5, 0.6) is 5.75 Å². The Morgan fingerprint density at radius 1 is 1.05 bits per heavy atom. The van der Waals surface area contributed by atoms with Crippen LogP contribution in [0.2, 0.25) is 10.0 Å². The molecule has 0 fully saturated rings. The fraction of sp³-hybridized carbons (Fsp3) is 0.154. The minimum absolute atomic E-state index is 0.0601. The van der Waals surface area contributed by atoms with E-state index in [1.165, 1.54) is 61.5 Å². The first-order valence-corrected chi connectivity index (χ1v) is 13.4. The third-order valence-corrected chi connectivity index (χ3v) is 7.37. The van der Waals surface area contributed by atoms with E-state index in [1.54, 1.807) is 6.92 Å². The first-order chi connectivity index (χ1) is 18.3. The van der Waals surface area contributed by atoms with Gasteiger partial charge in [0.1, 0.15) is 5.75 Å². The van der Waals surface area contributed by atoms with Crippen molar-refractivity contribution in [3.63, 3.8) is 0 Å². The maximum atomic E-state index is 13.2. The lowest BCUT2D eigenvalue weighted by Gasteiger charge is -2.14. The van der Waals surface area contributed by atoms with E-state index < -0.39 is 40.3 Å². The molecule has 0 unspecified atom stereocenters. The fourth-order valence-corrected chi connectivity index (χ4v) is 5.08. The lowest BCUT2D eigenvalue weighted by Crippen LogP contribution is -2.42. The largest absolute Gasteiger partial charge is 0.483 e. The van der Waals surface area contributed by atoms with Crippen molar-refractivity contribution in [1.29, 1.82) is 5.26 Å². The summed E-state index contributed by atoms with van der Waals surface area (Å²) in [5, 5.41) is 12.2. The van der Waals surface area contributed by atoms with Gasteiger partial charge < -0.3 is 15.8 Å². The zero-order chi connectivity index (χ0) is 28.9. The number of rotatable bonds is 10. The van der Waals surface area contributed by atoms with Crippen LogP contribution in [0.25, 0.3) is 0 Å². The maximum Gasteiger partial charge on any atom is 0.262 e. The van der Waals surface area contributed by atoms with Crippen LogP contribution < -0.4 is 20.5 Å². The van der Waals surface area contributed by atoms with Gasteiger partial charge in [0.2, 0.25) is 15.9 Å². The third kappa shape index (κ3) is 7.55. The van der Waals surface area contributed by atoms with E-state index in [1.807, 2.05) is 6.07 Å². The fourth-order valence-electron chi connectivity index (χ4n) is 3.38. The van der Waals surface area contributed by atoms with Crippen molar-refractivity contribution < 1.29 is 27.5 Å². The van der Waals surface area contributed by atoms with Crippen LogP contribution in [-0.4, -0.2) is 38.7 Å². The van der Waals surface area contributed by atoms with Crippen LogP contribution in [0.15, 0.2) is 59.5 Å². The number of anilines is 1. The summed E-state index contributed by atoms with van der Waals surface area (Å²) >= 11 is 12.1. The smallest absolute Gasteiger partial charge is 0.262 e. The Morgan fingerprint density at radius 3 is 2.41 bits per heavy atom. The maximum absolute atomic E-state index is 13.2. The van der Waals surface area contributed by atoms with Crippen LogP contribution in [-0.2, 0) is 19.6 Å². The molecule has 0 bridgehead atoms. The second-order valence-corrected chi connectivity index (χ2v) is 11.0. The number of amides is 2. The van der Waals surface area contributed by atoms with E-state index in [2.05, 4.69) is 10.0 Å². The summed E-state index contributed by atoms with van der Waals surface area (Å²) in [7, 11) is -4.02. The quantitative estimate of drug-likeness (QED) is 0.304. The highest BCUT2D eigenvalue weighted by molar-refractivity contribution is 7.89. The molecule has 0 aromatic heterocycles.